The highest BCUT2D eigenvalue weighted by Gasteiger charge is 2.56. The van der Waals surface area contributed by atoms with Gasteiger partial charge in [0.1, 0.15) is 11.9 Å². The van der Waals surface area contributed by atoms with Gasteiger partial charge < -0.3 is 24.4 Å². The van der Waals surface area contributed by atoms with Crippen molar-refractivity contribution >= 4 is 11.6 Å². The zero-order valence-electron chi connectivity index (χ0n) is 16.7. The van der Waals surface area contributed by atoms with Crippen LogP contribution >= 0.6 is 11.6 Å². The fourth-order valence-electron chi connectivity index (χ4n) is 4.68. The second-order valence-corrected chi connectivity index (χ2v) is 9.08. The quantitative estimate of drug-likeness (QED) is 0.733. The van der Waals surface area contributed by atoms with Crippen LogP contribution in [0, 0.1) is 11.8 Å². The molecule has 5 nitrogen and oxygen atoms in total. The van der Waals surface area contributed by atoms with Crippen molar-refractivity contribution in [2.45, 2.75) is 43.7 Å². The van der Waals surface area contributed by atoms with Gasteiger partial charge in [-0.05, 0) is 41.3 Å². The Morgan fingerprint density at radius 1 is 1.03 bits per heavy atom. The van der Waals surface area contributed by atoms with Crippen LogP contribution in [0.25, 0.3) is 0 Å². The predicted octanol–water partition coefficient (Wildman–Crippen LogP) is 3.53. The smallest absolute Gasteiger partial charge is 0.119 e. The molecule has 0 bridgehead atoms. The second kappa shape index (κ2) is 8.48. The van der Waals surface area contributed by atoms with Gasteiger partial charge in [0.05, 0.1) is 38.1 Å². The van der Waals surface area contributed by atoms with Gasteiger partial charge in [-0.15, -0.1) is 0 Å². The maximum Gasteiger partial charge on any atom is 0.119 e. The average Bonchev–Trinajstić information content (AvgIpc) is 3.16. The molecule has 2 N–H and O–H groups in total. The van der Waals surface area contributed by atoms with Crippen LogP contribution in [0.4, 0.5) is 0 Å². The van der Waals surface area contributed by atoms with Crippen molar-refractivity contribution in [1.29, 1.82) is 0 Å². The molecule has 5 rings (SSSR count). The van der Waals surface area contributed by atoms with Crippen LogP contribution in [0.2, 0.25) is 5.02 Å². The van der Waals surface area contributed by atoms with E-state index in [0.717, 1.165) is 35.7 Å². The van der Waals surface area contributed by atoms with Crippen LogP contribution in [-0.4, -0.2) is 48.3 Å². The third-order valence-corrected chi connectivity index (χ3v) is 6.86. The van der Waals surface area contributed by atoms with Gasteiger partial charge in [0.25, 0.3) is 0 Å². The Balaban J connectivity index is 1.26. The molecule has 1 aliphatic carbocycles. The highest BCUT2D eigenvalue weighted by molar-refractivity contribution is 6.31. The van der Waals surface area contributed by atoms with Crippen LogP contribution in [0.5, 0.6) is 5.75 Å². The van der Waals surface area contributed by atoms with Gasteiger partial charge in [0.2, 0.25) is 0 Å². The minimum absolute atomic E-state index is 0.0855. The Labute approximate surface area is 181 Å². The lowest BCUT2D eigenvalue weighted by Gasteiger charge is -2.32. The van der Waals surface area contributed by atoms with Crippen molar-refractivity contribution in [2.75, 3.05) is 19.8 Å². The number of halogens is 1. The summed E-state index contributed by atoms with van der Waals surface area (Å²) in [6, 6.07) is 14.1. The van der Waals surface area contributed by atoms with Crippen LogP contribution in [0.15, 0.2) is 42.5 Å². The lowest BCUT2D eigenvalue weighted by Crippen LogP contribution is -2.33. The van der Waals surface area contributed by atoms with E-state index in [1.165, 1.54) is 0 Å². The molecule has 2 heterocycles. The second-order valence-electron chi connectivity index (χ2n) is 8.67. The Morgan fingerprint density at radius 2 is 1.80 bits per heavy atom. The molecule has 0 spiro atoms. The Bertz CT molecular complexity index is 876. The first-order valence-corrected chi connectivity index (χ1v) is 11.0. The summed E-state index contributed by atoms with van der Waals surface area (Å²) in [6.45, 7) is 1.56. The highest BCUT2D eigenvalue weighted by atomic mass is 35.5. The monoisotopic (exact) mass is 430 g/mol. The van der Waals surface area contributed by atoms with Gasteiger partial charge in [-0.1, -0.05) is 35.9 Å². The summed E-state index contributed by atoms with van der Waals surface area (Å²) in [5.41, 5.74) is 3.15. The van der Waals surface area contributed by atoms with Crippen LogP contribution in [0.1, 0.15) is 35.6 Å². The molecule has 0 aromatic heterocycles. The first-order valence-electron chi connectivity index (χ1n) is 10.7. The Kier molecular flexibility index (Phi) is 5.73. The summed E-state index contributed by atoms with van der Waals surface area (Å²) in [6.07, 6.45) is 0.973. The number of fused-ring (bicyclic) bond motifs is 1. The zero-order valence-corrected chi connectivity index (χ0v) is 17.5. The SMILES string of the molecule is OC[C@@H]1C[C@H](O)C[C@H](c2ccc(Cl)c(Cc3ccc(OC4C5COCC54)cc3)c2)O1. The van der Waals surface area contributed by atoms with Crippen molar-refractivity contribution < 1.29 is 24.4 Å². The molecule has 0 radical (unpaired) electrons. The molecule has 3 aliphatic rings. The van der Waals surface area contributed by atoms with Gasteiger partial charge in [0, 0.05) is 29.7 Å². The lowest BCUT2D eigenvalue weighted by atomic mass is 9.94. The summed E-state index contributed by atoms with van der Waals surface area (Å²) in [5.74, 6) is 2.03. The zero-order chi connectivity index (χ0) is 20.7. The Morgan fingerprint density at radius 3 is 2.53 bits per heavy atom. The van der Waals surface area contributed by atoms with Crippen molar-refractivity contribution in [3.8, 4) is 5.75 Å². The van der Waals surface area contributed by atoms with Gasteiger partial charge >= 0.3 is 0 Å². The number of hydrogen-bond donors (Lipinski definition) is 2. The summed E-state index contributed by atoms with van der Waals surface area (Å²) in [4.78, 5) is 0. The maximum absolute atomic E-state index is 10.1. The molecule has 2 aliphatic heterocycles. The third kappa shape index (κ3) is 4.23. The molecular weight excluding hydrogens is 404 g/mol. The molecule has 2 saturated heterocycles. The molecule has 3 fully saturated rings. The molecule has 2 aromatic carbocycles. The van der Waals surface area contributed by atoms with E-state index in [1.807, 2.05) is 24.3 Å². The average molecular weight is 431 g/mol. The fraction of sp³-hybridized carbons (Fsp3) is 0.500. The number of aliphatic hydroxyl groups excluding tert-OH is 2. The molecule has 1 saturated carbocycles. The predicted molar refractivity (Wildman–Crippen MR) is 113 cm³/mol. The number of benzene rings is 2. The van der Waals surface area contributed by atoms with Gasteiger partial charge in [0.15, 0.2) is 0 Å². The minimum Gasteiger partial charge on any atom is -0.490 e. The van der Waals surface area contributed by atoms with Crippen molar-refractivity contribution in [1.82, 2.24) is 0 Å². The molecule has 2 aromatic rings. The topological polar surface area (TPSA) is 68.2 Å². The molecule has 160 valence electrons. The number of ether oxygens (including phenoxy) is 3. The minimum atomic E-state index is -0.467. The Hall–Kier alpha value is -1.63. The van der Waals surface area contributed by atoms with Gasteiger partial charge in [-0.2, -0.15) is 0 Å². The van der Waals surface area contributed by atoms with Crippen LogP contribution in [0.3, 0.4) is 0 Å². The van der Waals surface area contributed by atoms with Crippen LogP contribution < -0.4 is 4.74 Å². The standard InChI is InChI=1S/C24H27ClO5/c25-22-6-3-15(23-10-17(27)9-19(11-26)29-23)8-16(22)7-14-1-4-18(5-2-14)30-24-20-12-28-13-21(20)24/h1-6,8,17,19-21,23-24,26-27H,7,9-13H2/t17-,19-,20?,21?,23+,24?/m0/s1. The van der Waals surface area contributed by atoms with Gasteiger partial charge in [-0.3, -0.25) is 0 Å². The van der Waals surface area contributed by atoms with Gasteiger partial charge in [-0.25, -0.2) is 0 Å². The van der Waals surface area contributed by atoms with Crippen molar-refractivity contribution in [3.05, 3.63) is 64.2 Å². The fourth-order valence-corrected chi connectivity index (χ4v) is 4.86. The van der Waals surface area contributed by atoms with E-state index >= 15 is 0 Å². The molecular formula is C24H27ClO5. The molecule has 0 amide bonds. The van der Waals surface area contributed by atoms with Crippen LogP contribution in [-0.2, 0) is 15.9 Å². The first kappa shape index (κ1) is 20.3. The summed E-state index contributed by atoms with van der Waals surface area (Å²) < 4.78 is 17.4. The first-order chi connectivity index (χ1) is 14.6. The van der Waals surface area contributed by atoms with E-state index in [2.05, 4.69) is 18.2 Å². The molecule has 2 unspecified atom stereocenters. The summed E-state index contributed by atoms with van der Waals surface area (Å²) in [5, 5.41) is 20.2. The van der Waals surface area contributed by atoms with E-state index < -0.39 is 6.10 Å². The van der Waals surface area contributed by atoms with E-state index in [9.17, 15) is 10.2 Å². The van der Waals surface area contributed by atoms with E-state index in [4.69, 9.17) is 25.8 Å². The summed E-state index contributed by atoms with van der Waals surface area (Å²) >= 11 is 6.47. The molecule has 5 atom stereocenters. The normalized spacial score (nSPS) is 32.6. The number of aliphatic hydroxyl groups is 2. The number of hydrogen-bond acceptors (Lipinski definition) is 5. The number of rotatable bonds is 6. The van der Waals surface area contributed by atoms with Crippen molar-refractivity contribution in [2.24, 2.45) is 11.8 Å². The lowest BCUT2D eigenvalue weighted by molar-refractivity contribution is -0.113. The van der Waals surface area contributed by atoms with Crippen molar-refractivity contribution in [3.63, 3.8) is 0 Å². The molecule has 30 heavy (non-hydrogen) atoms. The highest BCUT2D eigenvalue weighted by Crippen LogP contribution is 2.46. The summed E-state index contributed by atoms with van der Waals surface area (Å²) in [7, 11) is 0. The molecule has 6 heteroatoms. The largest absolute Gasteiger partial charge is 0.490 e. The van der Waals surface area contributed by atoms with E-state index in [0.29, 0.717) is 42.2 Å². The van der Waals surface area contributed by atoms with E-state index in [-0.39, 0.29) is 18.8 Å². The third-order valence-electron chi connectivity index (χ3n) is 6.49. The maximum atomic E-state index is 10.1. The van der Waals surface area contributed by atoms with E-state index in [1.54, 1.807) is 0 Å².